The molecule has 1 spiro atoms. The van der Waals surface area contributed by atoms with Crippen LogP contribution in [0.5, 0.6) is 11.5 Å². The molecule has 35 heavy (non-hydrogen) atoms. The Labute approximate surface area is 201 Å². The topological polar surface area (TPSA) is 67.9 Å². The van der Waals surface area contributed by atoms with E-state index in [0.29, 0.717) is 34.9 Å². The minimum absolute atomic E-state index is 0.0136. The van der Waals surface area contributed by atoms with Gasteiger partial charge in [0.2, 0.25) is 12.7 Å². The molecule has 1 amide bonds. The van der Waals surface area contributed by atoms with Crippen LogP contribution in [0.15, 0.2) is 66.7 Å². The van der Waals surface area contributed by atoms with Crippen molar-refractivity contribution in [1.82, 2.24) is 4.90 Å². The molecule has 4 atom stereocenters. The van der Waals surface area contributed by atoms with E-state index in [9.17, 15) is 14.0 Å². The Morgan fingerprint density at radius 1 is 1.03 bits per heavy atom. The molecule has 4 aliphatic rings. The quantitative estimate of drug-likeness (QED) is 0.573. The average molecular weight is 471 g/mol. The predicted molar refractivity (Wildman–Crippen MR) is 126 cm³/mol. The van der Waals surface area contributed by atoms with E-state index >= 15 is 0 Å². The highest BCUT2D eigenvalue weighted by Crippen LogP contribution is 2.61. The van der Waals surface area contributed by atoms with Crippen molar-refractivity contribution < 1.29 is 23.5 Å². The Bertz CT molecular complexity index is 1380. The van der Waals surface area contributed by atoms with Gasteiger partial charge in [-0.15, -0.1) is 0 Å². The van der Waals surface area contributed by atoms with Crippen LogP contribution in [0.25, 0.3) is 0 Å². The predicted octanol–water partition coefficient (Wildman–Crippen LogP) is 4.46. The summed E-state index contributed by atoms with van der Waals surface area (Å²) in [5.41, 5.74) is 1.30. The number of anilines is 1. The van der Waals surface area contributed by atoms with E-state index in [1.807, 2.05) is 30.3 Å². The van der Waals surface area contributed by atoms with Crippen LogP contribution in [0.4, 0.5) is 10.1 Å². The van der Waals surface area contributed by atoms with Crippen molar-refractivity contribution in [3.05, 3.63) is 89.2 Å². The second kappa shape index (κ2) is 7.39. The minimum Gasteiger partial charge on any atom is -0.454 e. The summed E-state index contributed by atoms with van der Waals surface area (Å²) in [6, 6.07) is 19.4. The molecule has 0 aliphatic carbocycles. The molecular formula is C28H23FN2O4. The zero-order valence-corrected chi connectivity index (χ0v) is 18.9. The third kappa shape index (κ3) is 2.73. The van der Waals surface area contributed by atoms with Crippen LogP contribution in [0.1, 0.15) is 40.2 Å². The molecule has 3 aromatic rings. The van der Waals surface area contributed by atoms with E-state index in [4.69, 9.17) is 9.47 Å². The number of amides is 1. The second-order valence-electron chi connectivity index (χ2n) is 9.66. The standard InChI is InChI=1S/C28H23FN2O4/c29-18-9-10-20-19(14-18)28(27(33)30-20)25(26(32)17-8-11-22-23(13-17)35-15-34-22)24(16-5-2-1-3-6-16)21-7-4-12-31(21)28/h1-3,5-6,8-11,13-14,21,24-25H,4,7,12,15H2,(H,30,33)/t21-,24+,25-,28-/m0/s1. The molecule has 4 heterocycles. The zero-order valence-electron chi connectivity index (χ0n) is 18.9. The molecular weight excluding hydrogens is 447 g/mol. The largest absolute Gasteiger partial charge is 0.454 e. The summed E-state index contributed by atoms with van der Waals surface area (Å²) in [7, 11) is 0. The van der Waals surface area contributed by atoms with Crippen LogP contribution < -0.4 is 14.8 Å². The molecule has 7 rings (SSSR count). The summed E-state index contributed by atoms with van der Waals surface area (Å²) in [5, 5.41) is 2.98. The van der Waals surface area contributed by atoms with Gasteiger partial charge in [0.1, 0.15) is 11.4 Å². The van der Waals surface area contributed by atoms with Crippen LogP contribution in [-0.2, 0) is 10.3 Å². The summed E-state index contributed by atoms with van der Waals surface area (Å²) in [4.78, 5) is 30.6. The molecule has 7 heteroatoms. The van der Waals surface area contributed by atoms with Gasteiger partial charge in [0.25, 0.3) is 0 Å². The molecule has 176 valence electrons. The first-order valence-electron chi connectivity index (χ1n) is 12.0. The first-order chi connectivity index (χ1) is 17.1. The van der Waals surface area contributed by atoms with Crippen LogP contribution in [0.3, 0.4) is 0 Å². The highest BCUT2D eigenvalue weighted by atomic mass is 19.1. The van der Waals surface area contributed by atoms with Gasteiger partial charge < -0.3 is 14.8 Å². The maximum atomic E-state index is 14.6. The molecule has 0 aromatic heterocycles. The van der Waals surface area contributed by atoms with Gasteiger partial charge >= 0.3 is 0 Å². The number of ketones is 1. The number of hydrogen-bond acceptors (Lipinski definition) is 5. The van der Waals surface area contributed by atoms with E-state index in [2.05, 4.69) is 10.2 Å². The summed E-state index contributed by atoms with van der Waals surface area (Å²) < 4.78 is 25.6. The Kier molecular flexibility index (Phi) is 4.36. The summed E-state index contributed by atoms with van der Waals surface area (Å²) in [6.45, 7) is 0.778. The van der Waals surface area contributed by atoms with Crippen LogP contribution >= 0.6 is 0 Å². The lowest BCUT2D eigenvalue weighted by molar-refractivity contribution is -0.127. The van der Waals surface area contributed by atoms with Crippen molar-refractivity contribution >= 4 is 17.4 Å². The van der Waals surface area contributed by atoms with Crippen molar-refractivity contribution in [1.29, 1.82) is 0 Å². The number of carbonyl (C=O) groups is 2. The number of ether oxygens (including phenoxy) is 2. The Balaban J connectivity index is 1.47. The van der Waals surface area contributed by atoms with Gasteiger partial charge in [-0.25, -0.2) is 4.39 Å². The van der Waals surface area contributed by atoms with Crippen molar-refractivity contribution in [2.24, 2.45) is 5.92 Å². The summed E-state index contributed by atoms with van der Waals surface area (Å²) >= 11 is 0. The van der Waals surface area contributed by atoms with Crippen LogP contribution in [-0.4, -0.2) is 36.0 Å². The molecule has 2 saturated heterocycles. The lowest BCUT2D eigenvalue weighted by Gasteiger charge is -2.36. The number of carbonyl (C=O) groups excluding carboxylic acids is 2. The maximum absolute atomic E-state index is 14.6. The fraction of sp³-hybridized carbons (Fsp3) is 0.286. The second-order valence-corrected chi connectivity index (χ2v) is 9.66. The molecule has 0 radical (unpaired) electrons. The third-order valence-electron chi connectivity index (χ3n) is 8.09. The monoisotopic (exact) mass is 470 g/mol. The SMILES string of the molecule is O=C(c1ccc2c(c1)OCO2)[C@@H]1[C@H](c2ccccc2)[C@@H]2CCCN2[C@]12C(=O)Nc1ccc(F)cc12. The van der Waals surface area contributed by atoms with Gasteiger partial charge in [0.05, 0.1) is 5.92 Å². The Hall–Kier alpha value is -3.71. The number of fused-ring (bicyclic) bond motifs is 5. The molecule has 6 nitrogen and oxygen atoms in total. The zero-order chi connectivity index (χ0) is 23.7. The number of halogens is 1. The lowest BCUT2D eigenvalue weighted by Crippen LogP contribution is -2.52. The first kappa shape index (κ1) is 20.6. The number of nitrogens with one attached hydrogen (secondary N) is 1. The van der Waals surface area contributed by atoms with E-state index < -0.39 is 17.3 Å². The van der Waals surface area contributed by atoms with Crippen molar-refractivity contribution in [2.45, 2.75) is 30.3 Å². The van der Waals surface area contributed by atoms with Crippen molar-refractivity contribution in [3.8, 4) is 11.5 Å². The molecule has 0 unspecified atom stereocenters. The van der Waals surface area contributed by atoms with Gasteiger partial charge in [-0.2, -0.15) is 0 Å². The first-order valence-corrected chi connectivity index (χ1v) is 12.0. The molecule has 3 aromatic carbocycles. The molecule has 4 aliphatic heterocycles. The summed E-state index contributed by atoms with van der Waals surface area (Å²) in [5.74, 6) is -0.694. The summed E-state index contributed by atoms with van der Waals surface area (Å²) in [6.07, 6.45) is 1.78. The van der Waals surface area contributed by atoms with Gasteiger partial charge in [-0.05, 0) is 61.3 Å². The highest BCUT2D eigenvalue weighted by molar-refractivity contribution is 6.12. The number of nitrogens with zero attached hydrogens (tertiary/aromatic N) is 1. The van der Waals surface area contributed by atoms with E-state index in [-0.39, 0.29) is 30.4 Å². The molecule has 0 saturated carbocycles. The van der Waals surface area contributed by atoms with Crippen LogP contribution in [0.2, 0.25) is 0 Å². The highest BCUT2D eigenvalue weighted by Gasteiger charge is 2.69. The minimum atomic E-state index is -1.29. The fourth-order valence-electron chi connectivity index (χ4n) is 6.81. The smallest absolute Gasteiger partial charge is 0.250 e. The maximum Gasteiger partial charge on any atom is 0.250 e. The average Bonchev–Trinajstić information content (AvgIpc) is 3.63. The fourth-order valence-corrected chi connectivity index (χ4v) is 6.81. The number of benzene rings is 3. The van der Waals surface area contributed by atoms with Gasteiger partial charge in [-0.3, -0.25) is 14.5 Å². The van der Waals surface area contributed by atoms with E-state index in [0.717, 1.165) is 18.4 Å². The number of rotatable bonds is 3. The van der Waals surface area contributed by atoms with Gasteiger partial charge in [0.15, 0.2) is 17.3 Å². The van der Waals surface area contributed by atoms with Crippen molar-refractivity contribution in [2.75, 3.05) is 18.7 Å². The molecule has 0 bridgehead atoms. The molecule has 1 N–H and O–H groups in total. The van der Waals surface area contributed by atoms with Crippen molar-refractivity contribution in [3.63, 3.8) is 0 Å². The van der Waals surface area contributed by atoms with Gasteiger partial charge in [0, 0.05) is 28.8 Å². The van der Waals surface area contributed by atoms with E-state index in [1.54, 1.807) is 24.3 Å². The normalized spacial score (nSPS) is 28.3. The molecule has 2 fully saturated rings. The number of hydrogen-bond donors (Lipinski definition) is 1. The Morgan fingerprint density at radius 2 is 1.86 bits per heavy atom. The van der Waals surface area contributed by atoms with E-state index in [1.165, 1.54) is 12.1 Å². The Morgan fingerprint density at radius 3 is 2.71 bits per heavy atom. The number of Topliss-reactive ketones (excluding diaryl/α,β-unsaturated/α-hetero) is 1. The lowest BCUT2D eigenvalue weighted by atomic mass is 9.68. The van der Waals surface area contributed by atoms with Gasteiger partial charge in [-0.1, -0.05) is 30.3 Å². The van der Waals surface area contributed by atoms with Crippen LogP contribution in [0, 0.1) is 11.7 Å². The third-order valence-corrected chi connectivity index (χ3v) is 8.09.